The van der Waals surface area contributed by atoms with Crippen molar-refractivity contribution in [2.24, 2.45) is 0 Å². The quantitative estimate of drug-likeness (QED) is 0.401. The fraction of sp³-hybridized carbons (Fsp3) is 0.115. The molecular weight excluding hydrogens is 422 g/mol. The van der Waals surface area contributed by atoms with Crippen molar-refractivity contribution in [3.8, 4) is 11.3 Å². The normalized spacial score (nSPS) is 10.6. The molecule has 1 amide bonds. The average Bonchev–Trinajstić information content (AvgIpc) is 2.83. The Labute approximate surface area is 190 Å². The summed E-state index contributed by atoms with van der Waals surface area (Å²) in [6, 6.07) is 18.4. The second-order valence-electron chi connectivity index (χ2n) is 7.48. The number of hydrogen-bond acceptors (Lipinski definition) is 4. The van der Waals surface area contributed by atoms with Crippen molar-refractivity contribution in [1.29, 1.82) is 0 Å². The van der Waals surface area contributed by atoms with Crippen LogP contribution in [0.15, 0.2) is 85.3 Å². The van der Waals surface area contributed by atoms with Gasteiger partial charge in [-0.25, -0.2) is 8.78 Å². The van der Waals surface area contributed by atoms with E-state index in [1.165, 1.54) is 12.1 Å². The van der Waals surface area contributed by atoms with Gasteiger partial charge in [-0.2, -0.15) is 0 Å². The lowest BCUT2D eigenvalue weighted by molar-refractivity contribution is 0.0950. The van der Waals surface area contributed by atoms with Gasteiger partial charge in [-0.3, -0.25) is 14.8 Å². The molecular formula is C26H22F2N4O. The van der Waals surface area contributed by atoms with Gasteiger partial charge in [0.1, 0.15) is 11.6 Å². The number of aromatic nitrogens is 2. The van der Waals surface area contributed by atoms with Crippen LogP contribution in [0.25, 0.3) is 11.3 Å². The zero-order valence-electron chi connectivity index (χ0n) is 17.8. The van der Waals surface area contributed by atoms with Gasteiger partial charge in [0.2, 0.25) is 0 Å². The highest BCUT2D eigenvalue weighted by Crippen LogP contribution is 2.26. The van der Waals surface area contributed by atoms with Gasteiger partial charge in [0, 0.05) is 49.0 Å². The van der Waals surface area contributed by atoms with E-state index in [1.807, 2.05) is 36.4 Å². The van der Waals surface area contributed by atoms with E-state index < -0.39 is 11.6 Å². The fourth-order valence-corrected chi connectivity index (χ4v) is 3.43. The van der Waals surface area contributed by atoms with Crippen molar-refractivity contribution in [2.45, 2.75) is 13.0 Å². The van der Waals surface area contributed by atoms with Crippen molar-refractivity contribution in [1.82, 2.24) is 15.3 Å². The molecule has 0 saturated heterocycles. The van der Waals surface area contributed by atoms with E-state index in [0.717, 1.165) is 22.9 Å². The van der Waals surface area contributed by atoms with Gasteiger partial charge in [0.25, 0.3) is 5.91 Å². The second kappa shape index (κ2) is 10.5. The van der Waals surface area contributed by atoms with E-state index in [9.17, 15) is 13.6 Å². The molecule has 2 N–H and O–H groups in total. The standard InChI is InChI=1S/C26H22F2N4O/c27-21-12-18(13-22(28)14-21)9-11-30-24-6-2-1-5-23(24)25-8-7-20(17-31-25)26(33)32-16-19-4-3-10-29-15-19/h1-8,10,12-15,17,30H,9,11,16H2,(H,32,33). The minimum absolute atomic E-state index is 0.216. The molecule has 0 atom stereocenters. The van der Waals surface area contributed by atoms with Crippen molar-refractivity contribution in [3.05, 3.63) is 114 Å². The number of benzene rings is 2. The van der Waals surface area contributed by atoms with Gasteiger partial charge in [0.05, 0.1) is 11.3 Å². The number of anilines is 1. The van der Waals surface area contributed by atoms with Crippen LogP contribution < -0.4 is 10.6 Å². The van der Waals surface area contributed by atoms with Crippen LogP contribution in [-0.2, 0) is 13.0 Å². The Bertz CT molecular complexity index is 1210. The number of rotatable bonds is 8. The minimum Gasteiger partial charge on any atom is -0.384 e. The highest BCUT2D eigenvalue weighted by atomic mass is 19.1. The van der Waals surface area contributed by atoms with E-state index in [4.69, 9.17) is 0 Å². The zero-order chi connectivity index (χ0) is 23.0. The maximum absolute atomic E-state index is 13.4. The van der Waals surface area contributed by atoms with Gasteiger partial charge in [-0.05, 0) is 53.9 Å². The summed E-state index contributed by atoms with van der Waals surface area (Å²) in [6.45, 7) is 0.880. The third-order valence-electron chi connectivity index (χ3n) is 5.06. The molecule has 4 aromatic rings. The van der Waals surface area contributed by atoms with Gasteiger partial charge in [-0.1, -0.05) is 24.3 Å². The molecule has 5 nitrogen and oxygen atoms in total. The molecule has 4 rings (SSSR count). The van der Waals surface area contributed by atoms with E-state index in [2.05, 4.69) is 20.6 Å². The Morgan fingerprint density at radius 2 is 1.70 bits per heavy atom. The molecule has 0 aliphatic heterocycles. The van der Waals surface area contributed by atoms with Crippen molar-refractivity contribution < 1.29 is 13.6 Å². The number of nitrogens with one attached hydrogen (secondary N) is 2. The maximum atomic E-state index is 13.4. The first-order valence-electron chi connectivity index (χ1n) is 10.5. The third kappa shape index (κ3) is 5.98. The van der Waals surface area contributed by atoms with Crippen LogP contribution in [0.4, 0.5) is 14.5 Å². The van der Waals surface area contributed by atoms with Crippen LogP contribution in [0.3, 0.4) is 0 Å². The van der Waals surface area contributed by atoms with Gasteiger partial charge >= 0.3 is 0 Å². The SMILES string of the molecule is O=C(NCc1cccnc1)c1ccc(-c2ccccc2NCCc2cc(F)cc(F)c2)nc1. The first-order valence-corrected chi connectivity index (χ1v) is 10.5. The Hall–Kier alpha value is -4.13. The monoisotopic (exact) mass is 444 g/mol. The Balaban J connectivity index is 1.40. The molecule has 2 heterocycles. The molecule has 0 radical (unpaired) electrons. The van der Waals surface area contributed by atoms with Crippen LogP contribution in [0, 0.1) is 11.6 Å². The number of para-hydroxylation sites is 1. The number of amides is 1. The van der Waals surface area contributed by atoms with Crippen LogP contribution >= 0.6 is 0 Å². The summed E-state index contributed by atoms with van der Waals surface area (Å²) < 4.78 is 26.8. The molecule has 0 aliphatic rings. The van der Waals surface area contributed by atoms with Crippen molar-refractivity contribution in [3.63, 3.8) is 0 Å². The zero-order valence-corrected chi connectivity index (χ0v) is 17.8. The first-order chi connectivity index (χ1) is 16.1. The lowest BCUT2D eigenvalue weighted by Crippen LogP contribution is -2.22. The van der Waals surface area contributed by atoms with E-state index in [-0.39, 0.29) is 5.91 Å². The molecule has 33 heavy (non-hydrogen) atoms. The number of halogens is 2. The summed E-state index contributed by atoms with van der Waals surface area (Å²) in [5.41, 5.74) is 4.37. The summed E-state index contributed by atoms with van der Waals surface area (Å²) in [7, 11) is 0. The Kier molecular flexibility index (Phi) is 6.99. The highest BCUT2D eigenvalue weighted by Gasteiger charge is 2.10. The fourth-order valence-electron chi connectivity index (χ4n) is 3.43. The summed E-state index contributed by atoms with van der Waals surface area (Å²) in [5.74, 6) is -1.38. The van der Waals surface area contributed by atoms with Crippen LogP contribution in [0.2, 0.25) is 0 Å². The number of nitrogens with zero attached hydrogens (tertiary/aromatic N) is 2. The molecule has 0 bridgehead atoms. The summed E-state index contributed by atoms with van der Waals surface area (Å²) in [6.07, 6.45) is 5.39. The molecule has 7 heteroatoms. The van der Waals surface area contributed by atoms with E-state index in [0.29, 0.717) is 36.3 Å². The van der Waals surface area contributed by atoms with Gasteiger partial charge in [-0.15, -0.1) is 0 Å². The lowest BCUT2D eigenvalue weighted by Gasteiger charge is -2.12. The topological polar surface area (TPSA) is 66.9 Å². The number of hydrogen-bond donors (Lipinski definition) is 2. The molecule has 166 valence electrons. The van der Waals surface area contributed by atoms with Crippen LogP contribution in [0.5, 0.6) is 0 Å². The Morgan fingerprint density at radius 1 is 0.879 bits per heavy atom. The predicted octanol–water partition coefficient (Wildman–Crippen LogP) is 5.01. The maximum Gasteiger partial charge on any atom is 0.253 e. The number of carbonyl (C=O) groups excluding carboxylic acids is 1. The van der Waals surface area contributed by atoms with E-state index >= 15 is 0 Å². The summed E-state index contributed by atoms with van der Waals surface area (Å²) in [4.78, 5) is 20.9. The van der Waals surface area contributed by atoms with Crippen LogP contribution in [-0.4, -0.2) is 22.4 Å². The highest BCUT2D eigenvalue weighted by molar-refractivity contribution is 5.94. The Morgan fingerprint density at radius 3 is 2.42 bits per heavy atom. The minimum atomic E-state index is -0.584. The van der Waals surface area contributed by atoms with Crippen molar-refractivity contribution in [2.75, 3.05) is 11.9 Å². The molecule has 0 saturated carbocycles. The molecule has 0 unspecified atom stereocenters. The summed E-state index contributed by atoms with van der Waals surface area (Å²) >= 11 is 0. The van der Waals surface area contributed by atoms with E-state index in [1.54, 1.807) is 30.7 Å². The first kappa shape index (κ1) is 22.1. The van der Waals surface area contributed by atoms with Gasteiger partial charge < -0.3 is 10.6 Å². The van der Waals surface area contributed by atoms with Gasteiger partial charge in [0.15, 0.2) is 0 Å². The third-order valence-corrected chi connectivity index (χ3v) is 5.06. The molecule has 0 spiro atoms. The smallest absolute Gasteiger partial charge is 0.253 e. The van der Waals surface area contributed by atoms with Crippen LogP contribution in [0.1, 0.15) is 21.5 Å². The van der Waals surface area contributed by atoms with Crippen molar-refractivity contribution >= 4 is 11.6 Å². The number of carbonyl (C=O) groups is 1. The predicted molar refractivity (Wildman–Crippen MR) is 124 cm³/mol. The second-order valence-corrected chi connectivity index (χ2v) is 7.48. The summed E-state index contributed by atoms with van der Waals surface area (Å²) in [5, 5.41) is 6.16. The largest absolute Gasteiger partial charge is 0.384 e. The molecule has 2 aromatic carbocycles. The lowest BCUT2D eigenvalue weighted by atomic mass is 10.1. The molecule has 0 aliphatic carbocycles. The molecule has 0 fully saturated rings. The average molecular weight is 444 g/mol. The number of pyridine rings is 2. The molecule has 2 aromatic heterocycles.